The zero-order chi connectivity index (χ0) is 19.4. The monoisotopic (exact) mass is 374 g/mol. The van der Waals surface area contributed by atoms with Crippen molar-refractivity contribution < 1.29 is 23.6 Å². The lowest BCUT2D eigenvalue weighted by molar-refractivity contribution is -0.387. The molecule has 1 aliphatic rings. The van der Waals surface area contributed by atoms with E-state index in [2.05, 4.69) is 5.32 Å². The Balaban J connectivity index is 1.60. The lowest BCUT2D eigenvalue weighted by atomic mass is 10.0. The van der Waals surface area contributed by atoms with Crippen LogP contribution < -0.4 is 14.8 Å². The van der Waals surface area contributed by atoms with Gasteiger partial charge in [-0.3, -0.25) is 14.9 Å². The summed E-state index contributed by atoms with van der Waals surface area (Å²) in [6, 6.07) is 10.5. The average Bonchev–Trinajstić information content (AvgIpc) is 3.49. The molecule has 1 unspecified atom stereocenters. The summed E-state index contributed by atoms with van der Waals surface area (Å²) in [5.41, 5.74) is 0.341. The first-order valence-corrected chi connectivity index (χ1v) is 8.48. The molecule has 0 saturated heterocycles. The van der Waals surface area contributed by atoms with Crippen LogP contribution in [0.3, 0.4) is 0 Å². The fraction of sp³-hybridized carbons (Fsp3) is 0.316. The van der Waals surface area contributed by atoms with E-state index >= 15 is 0 Å². The summed E-state index contributed by atoms with van der Waals surface area (Å²) in [6.07, 6.45) is 2.07. The Morgan fingerprint density at radius 2 is 1.93 bits per heavy atom. The topological polar surface area (TPSA) is 90.7 Å². The summed E-state index contributed by atoms with van der Waals surface area (Å²) in [7, 11) is 1.59. The number of nitro groups is 1. The third-order valence-corrected chi connectivity index (χ3v) is 4.37. The minimum Gasteiger partial charge on any atom is -0.497 e. The van der Waals surface area contributed by atoms with Crippen LogP contribution in [-0.4, -0.2) is 24.5 Å². The average molecular weight is 374 g/mol. The van der Waals surface area contributed by atoms with Crippen molar-refractivity contribution in [3.05, 3.63) is 64.0 Å². The second kappa shape index (κ2) is 8.03. The zero-order valence-corrected chi connectivity index (χ0v) is 14.7. The molecule has 1 atom stereocenters. The Kier molecular flexibility index (Phi) is 5.54. The molecule has 7 nitrogen and oxygen atoms in total. The fourth-order valence-electron chi connectivity index (χ4n) is 2.80. The Morgan fingerprint density at radius 3 is 2.48 bits per heavy atom. The highest BCUT2D eigenvalue weighted by atomic mass is 19.1. The van der Waals surface area contributed by atoms with Gasteiger partial charge in [-0.05, 0) is 42.5 Å². The smallest absolute Gasteiger partial charge is 0.305 e. The first-order chi connectivity index (χ1) is 13.0. The molecule has 0 spiro atoms. The Bertz CT molecular complexity index is 836. The Morgan fingerprint density at radius 1 is 1.26 bits per heavy atom. The van der Waals surface area contributed by atoms with Gasteiger partial charge in [-0.15, -0.1) is 0 Å². The van der Waals surface area contributed by atoms with Crippen molar-refractivity contribution >= 4 is 11.6 Å². The molecule has 0 heterocycles. The number of benzene rings is 2. The maximum Gasteiger partial charge on any atom is 0.305 e. The van der Waals surface area contributed by atoms with E-state index in [9.17, 15) is 19.3 Å². The van der Waals surface area contributed by atoms with Gasteiger partial charge in [0.2, 0.25) is 5.82 Å². The van der Waals surface area contributed by atoms with E-state index in [1.165, 1.54) is 6.07 Å². The molecule has 1 amide bonds. The molecule has 8 heteroatoms. The molecule has 0 aromatic heterocycles. The number of nitrogens with one attached hydrogen (secondary N) is 1. The molecule has 0 radical (unpaired) electrons. The third-order valence-electron chi connectivity index (χ3n) is 4.37. The van der Waals surface area contributed by atoms with Crippen LogP contribution in [-0.2, 0) is 4.79 Å². The number of amides is 1. The van der Waals surface area contributed by atoms with Crippen LogP contribution >= 0.6 is 0 Å². The Labute approximate surface area is 155 Å². The fourth-order valence-corrected chi connectivity index (χ4v) is 2.80. The van der Waals surface area contributed by atoms with Crippen molar-refractivity contribution in [2.45, 2.75) is 18.9 Å². The van der Waals surface area contributed by atoms with Crippen LogP contribution in [0.15, 0.2) is 42.5 Å². The van der Waals surface area contributed by atoms with E-state index in [0.29, 0.717) is 5.92 Å². The normalized spacial score (nSPS) is 14.3. The van der Waals surface area contributed by atoms with Gasteiger partial charge in [-0.2, -0.15) is 4.39 Å². The van der Waals surface area contributed by atoms with Crippen molar-refractivity contribution in [1.29, 1.82) is 0 Å². The van der Waals surface area contributed by atoms with Gasteiger partial charge < -0.3 is 14.8 Å². The zero-order valence-electron chi connectivity index (χ0n) is 14.7. The van der Waals surface area contributed by atoms with Gasteiger partial charge in [0.05, 0.1) is 18.1 Å². The van der Waals surface area contributed by atoms with Crippen molar-refractivity contribution in [2.24, 2.45) is 5.92 Å². The molecule has 1 N–H and O–H groups in total. The van der Waals surface area contributed by atoms with Crippen molar-refractivity contribution in [3.8, 4) is 11.5 Å². The van der Waals surface area contributed by atoms with E-state index < -0.39 is 16.4 Å². The van der Waals surface area contributed by atoms with Crippen LogP contribution in [0.4, 0.5) is 10.1 Å². The first kappa shape index (κ1) is 18.6. The largest absolute Gasteiger partial charge is 0.497 e. The summed E-state index contributed by atoms with van der Waals surface area (Å²) in [6.45, 7) is -0.309. The molecule has 1 fully saturated rings. The maximum absolute atomic E-state index is 13.6. The van der Waals surface area contributed by atoms with Crippen molar-refractivity contribution in [3.63, 3.8) is 0 Å². The molecule has 2 aromatic carbocycles. The minimum absolute atomic E-state index is 0.0562. The van der Waals surface area contributed by atoms with Gasteiger partial charge in [0.25, 0.3) is 5.91 Å². The van der Waals surface area contributed by atoms with Gasteiger partial charge in [-0.25, -0.2) is 0 Å². The summed E-state index contributed by atoms with van der Waals surface area (Å²) < 4.78 is 24.0. The Hall–Kier alpha value is -3.16. The van der Waals surface area contributed by atoms with E-state index in [4.69, 9.17) is 9.47 Å². The molecule has 1 aliphatic carbocycles. The van der Waals surface area contributed by atoms with Gasteiger partial charge >= 0.3 is 5.69 Å². The van der Waals surface area contributed by atoms with Gasteiger partial charge in [0.1, 0.15) is 11.5 Å². The van der Waals surface area contributed by atoms with Gasteiger partial charge in [0.15, 0.2) is 6.61 Å². The summed E-state index contributed by atoms with van der Waals surface area (Å²) in [5.74, 6) is -0.184. The number of carbonyl (C=O) groups excluding carboxylic acids is 1. The van der Waals surface area contributed by atoms with Gasteiger partial charge in [-0.1, -0.05) is 12.1 Å². The number of nitro benzene ring substituents is 1. The highest BCUT2D eigenvalue weighted by molar-refractivity contribution is 5.78. The number of methoxy groups -OCH3 is 1. The molecular weight excluding hydrogens is 355 g/mol. The summed E-state index contributed by atoms with van der Waals surface area (Å²) in [5, 5.41) is 13.6. The number of carbonyl (C=O) groups is 1. The van der Waals surface area contributed by atoms with Crippen LogP contribution in [0.5, 0.6) is 11.5 Å². The predicted molar refractivity (Wildman–Crippen MR) is 95.2 cm³/mol. The lowest BCUT2D eigenvalue weighted by Crippen LogP contribution is -2.33. The van der Waals surface area contributed by atoms with Crippen molar-refractivity contribution in [2.75, 3.05) is 13.7 Å². The third kappa shape index (κ3) is 4.72. The summed E-state index contributed by atoms with van der Waals surface area (Å²) >= 11 is 0. The molecule has 27 heavy (non-hydrogen) atoms. The number of halogens is 1. The SMILES string of the molecule is COc1ccc(C(NC(=O)COc2ccc([N+](=O)[O-])c(F)c2)C2CC2)cc1. The molecule has 1 saturated carbocycles. The number of nitrogens with zero attached hydrogens (tertiary/aromatic N) is 1. The quantitative estimate of drug-likeness (QED) is 0.565. The van der Waals surface area contributed by atoms with Gasteiger partial charge in [0, 0.05) is 12.1 Å². The lowest BCUT2D eigenvalue weighted by Gasteiger charge is -2.19. The molecule has 142 valence electrons. The number of hydrogen-bond acceptors (Lipinski definition) is 5. The number of rotatable bonds is 8. The standard InChI is InChI=1S/C19H19FN2O5/c1-26-14-6-4-13(5-7-14)19(12-2-3-12)21-18(23)11-27-15-8-9-17(22(24)25)16(20)10-15/h4-10,12,19H,2-3,11H2,1H3,(H,21,23). The van der Waals surface area contributed by atoms with Crippen LogP contribution in [0.2, 0.25) is 0 Å². The second-order valence-electron chi connectivity index (χ2n) is 6.31. The molecule has 2 aromatic rings. The molecule has 0 aliphatic heterocycles. The van der Waals surface area contributed by atoms with E-state index in [1.54, 1.807) is 7.11 Å². The van der Waals surface area contributed by atoms with Crippen LogP contribution in [0.25, 0.3) is 0 Å². The number of hydrogen-bond donors (Lipinski definition) is 1. The minimum atomic E-state index is -1.01. The molecule has 0 bridgehead atoms. The predicted octanol–water partition coefficient (Wildman–Crippen LogP) is 3.39. The van der Waals surface area contributed by atoms with Crippen molar-refractivity contribution in [1.82, 2.24) is 5.32 Å². The number of ether oxygens (including phenoxy) is 2. The highest BCUT2D eigenvalue weighted by Gasteiger charge is 2.33. The molecule has 3 rings (SSSR count). The van der Waals surface area contributed by atoms with Crippen LogP contribution in [0.1, 0.15) is 24.4 Å². The highest BCUT2D eigenvalue weighted by Crippen LogP contribution is 2.41. The van der Waals surface area contributed by atoms with E-state index in [0.717, 1.165) is 36.3 Å². The maximum atomic E-state index is 13.6. The van der Waals surface area contributed by atoms with E-state index in [1.807, 2.05) is 24.3 Å². The summed E-state index contributed by atoms with van der Waals surface area (Å²) in [4.78, 5) is 22.1. The molecular formula is C19H19FN2O5. The van der Waals surface area contributed by atoms with E-state index in [-0.39, 0.29) is 24.3 Å². The second-order valence-corrected chi connectivity index (χ2v) is 6.31. The first-order valence-electron chi connectivity index (χ1n) is 8.48. The van der Waals surface area contributed by atoms with Crippen LogP contribution in [0, 0.1) is 21.8 Å².